The predicted octanol–water partition coefficient (Wildman–Crippen LogP) is 5.49. The summed E-state index contributed by atoms with van der Waals surface area (Å²) in [5, 5.41) is 5.94. The van der Waals surface area contributed by atoms with Crippen molar-refractivity contribution in [1.29, 1.82) is 0 Å². The van der Waals surface area contributed by atoms with E-state index in [4.69, 9.17) is 0 Å². The number of carbonyl (C=O) groups excluding carboxylic acids is 1. The topological polar surface area (TPSA) is 42.0 Å². The number of hydrogen-bond acceptors (Lipinski definition) is 4. The van der Waals surface area contributed by atoms with E-state index in [-0.39, 0.29) is 5.91 Å². The fraction of sp³-hybridized carbons (Fsp3) is 0.100. The second-order valence-corrected chi connectivity index (χ2v) is 7.85. The Morgan fingerprint density at radius 1 is 1.08 bits per heavy atom. The number of aryl methyl sites for hydroxylation is 1. The largest absolute Gasteiger partial charge is 0.301 e. The van der Waals surface area contributed by atoms with Crippen LogP contribution in [-0.2, 0) is 4.79 Å². The predicted molar refractivity (Wildman–Crippen MR) is 108 cm³/mol. The average Bonchev–Trinajstić information content (AvgIpc) is 3.04. The molecule has 1 N–H and O–H groups in total. The summed E-state index contributed by atoms with van der Waals surface area (Å²) >= 11 is 3.06. The molecule has 0 unspecified atom stereocenters. The van der Waals surface area contributed by atoms with Gasteiger partial charge in [-0.2, -0.15) is 0 Å². The highest BCUT2D eigenvalue weighted by Crippen LogP contribution is 2.32. The second kappa shape index (κ2) is 6.86. The molecule has 0 spiro atoms. The molecule has 0 saturated heterocycles. The molecule has 124 valence electrons. The van der Waals surface area contributed by atoms with Gasteiger partial charge in [-0.25, -0.2) is 4.98 Å². The Kier molecular flexibility index (Phi) is 4.42. The lowest BCUT2D eigenvalue weighted by molar-refractivity contribution is -0.113. The third-order valence-electron chi connectivity index (χ3n) is 3.92. The molecule has 1 aromatic heterocycles. The van der Waals surface area contributed by atoms with Gasteiger partial charge in [0.05, 0.1) is 16.0 Å². The van der Waals surface area contributed by atoms with Crippen molar-refractivity contribution in [3.63, 3.8) is 0 Å². The molecular formula is C20H16N2OS2. The molecule has 0 bridgehead atoms. The highest BCUT2D eigenvalue weighted by molar-refractivity contribution is 8.00. The molecule has 0 aliphatic heterocycles. The van der Waals surface area contributed by atoms with Crippen molar-refractivity contribution in [2.45, 2.75) is 11.8 Å². The fourth-order valence-electron chi connectivity index (χ4n) is 2.65. The van der Waals surface area contributed by atoms with Gasteiger partial charge in [0, 0.05) is 10.3 Å². The Balaban J connectivity index is 1.49. The molecule has 1 amide bonds. The normalized spacial score (nSPS) is 11.1. The lowest BCUT2D eigenvalue weighted by atomic mass is 10.1. The van der Waals surface area contributed by atoms with Crippen molar-refractivity contribution in [2.24, 2.45) is 0 Å². The number of anilines is 1. The molecule has 0 fully saturated rings. The summed E-state index contributed by atoms with van der Waals surface area (Å²) in [6.45, 7) is 2.05. The van der Waals surface area contributed by atoms with E-state index >= 15 is 0 Å². The van der Waals surface area contributed by atoms with Gasteiger partial charge in [0.2, 0.25) is 5.91 Å². The van der Waals surface area contributed by atoms with Crippen molar-refractivity contribution in [2.75, 3.05) is 11.1 Å². The van der Waals surface area contributed by atoms with Gasteiger partial charge in [0.25, 0.3) is 0 Å². The second-order valence-electron chi connectivity index (χ2n) is 5.80. The van der Waals surface area contributed by atoms with Crippen molar-refractivity contribution in [3.05, 3.63) is 66.2 Å². The van der Waals surface area contributed by atoms with E-state index in [9.17, 15) is 4.79 Å². The minimum absolute atomic E-state index is 0.0334. The number of nitrogens with one attached hydrogen (secondary N) is 1. The first-order valence-electron chi connectivity index (χ1n) is 7.97. The molecule has 0 atom stereocenters. The smallest absolute Gasteiger partial charge is 0.236 e. The van der Waals surface area contributed by atoms with Crippen LogP contribution in [-0.4, -0.2) is 16.6 Å². The molecule has 0 aliphatic rings. The lowest BCUT2D eigenvalue weighted by Gasteiger charge is -2.02. The number of thioether (sulfide) groups is 1. The molecule has 4 aromatic rings. The third kappa shape index (κ3) is 3.52. The number of carbonyl (C=O) groups is 1. The summed E-state index contributed by atoms with van der Waals surface area (Å²) in [4.78, 5) is 17.9. The quantitative estimate of drug-likeness (QED) is 0.487. The van der Waals surface area contributed by atoms with Gasteiger partial charge in [-0.1, -0.05) is 59.4 Å². The molecule has 0 aliphatic carbocycles. The summed E-state index contributed by atoms with van der Waals surface area (Å²) in [5.41, 5.74) is 2.14. The van der Waals surface area contributed by atoms with E-state index in [1.807, 2.05) is 30.3 Å². The number of hydrogen-bond donors (Lipinski definition) is 1. The molecule has 3 aromatic carbocycles. The van der Waals surface area contributed by atoms with Crippen LogP contribution in [0.25, 0.3) is 21.0 Å². The summed E-state index contributed by atoms with van der Waals surface area (Å²) in [7, 11) is 0. The summed E-state index contributed by atoms with van der Waals surface area (Å²) in [6, 6.07) is 20.5. The molecule has 1 heterocycles. The molecular weight excluding hydrogens is 348 g/mol. The van der Waals surface area contributed by atoms with E-state index < -0.39 is 0 Å². The minimum Gasteiger partial charge on any atom is -0.301 e. The fourth-order valence-corrected chi connectivity index (χ4v) is 4.36. The van der Waals surface area contributed by atoms with Gasteiger partial charge in [-0.05, 0) is 30.5 Å². The Bertz CT molecular complexity index is 1050. The highest BCUT2D eigenvalue weighted by Gasteiger charge is 2.10. The number of aromatic nitrogens is 1. The Morgan fingerprint density at radius 2 is 1.88 bits per heavy atom. The van der Waals surface area contributed by atoms with Crippen LogP contribution in [0, 0.1) is 6.92 Å². The first-order valence-corrected chi connectivity index (χ1v) is 9.77. The SMILES string of the molecule is Cc1ccc(SCC(=O)Nc2nc3ccc4ccccc4c3s2)cc1. The maximum absolute atomic E-state index is 12.2. The van der Waals surface area contributed by atoms with Crippen LogP contribution in [0.1, 0.15) is 5.56 Å². The Morgan fingerprint density at radius 3 is 2.72 bits per heavy atom. The van der Waals surface area contributed by atoms with Crippen LogP contribution in [0.3, 0.4) is 0 Å². The van der Waals surface area contributed by atoms with Crippen LogP contribution in [0.5, 0.6) is 0 Å². The van der Waals surface area contributed by atoms with Crippen LogP contribution < -0.4 is 5.32 Å². The number of amides is 1. The number of benzene rings is 3. The molecule has 0 radical (unpaired) electrons. The van der Waals surface area contributed by atoms with Gasteiger partial charge in [-0.3, -0.25) is 4.79 Å². The van der Waals surface area contributed by atoms with Crippen molar-refractivity contribution in [3.8, 4) is 0 Å². The maximum Gasteiger partial charge on any atom is 0.236 e. The highest BCUT2D eigenvalue weighted by atomic mass is 32.2. The number of rotatable bonds is 4. The van der Waals surface area contributed by atoms with E-state index in [2.05, 4.69) is 47.6 Å². The third-order valence-corrected chi connectivity index (χ3v) is 5.95. The van der Waals surface area contributed by atoms with Crippen LogP contribution in [0.15, 0.2) is 65.6 Å². The van der Waals surface area contributed by atoms with E-state index in [1.165, 1.54) is 39.4 Å². The first kappa shape index (κ1) is 16.1. The lowest BCUT2D eigenvalue weighted by Crippen LogP contribution is -2.13. The van der Waals surface area contributed by atoms with Gasteiger partial charge < -0.3 is 5.32 Å². The van der Waals surface area contributed by atoms with Gasteiger partial charge >= 0.3 is 0 Å². The van der Waals surface area contributed by atoms with Crippen molar-refractivity contribution < 1.29 is 4.79 Å². The first-order chi connectivity index (χ1) is 12.2. The molecule has 25 heavy (non-hydrogen) atoms. The Hall–Kier alpha value is -2.37. The molecule has 5 heteroatoms. The number of thiazole rings is 1. The molecule has 3 nitrogen and oxygen atoms in total. The van der Waals surface area contributed by atoms with Gasteiger partial charge in [0.15, 0.2) is 5.13 Å². The van der Waals surface area contributed by atoms with Crippen LogP contribution >= 0.6 is 23.1 Å². The number of fused-ring (bicyclic) bond motifs is 3. The van der Waals surface area contributed by atoms with Crippen molar-refractivity contribution >= 4 is 55.1 Å². The summed E-state index contributed by atoms with van der Waals surface area (Å²) < 4.78 is 1.11. The zero-order valence-electron chi connectivity index (χ0n) is 13.7. The summed E-state index contributed by atoms with van der Waals surface area (Å²) in [5.74, 6) is 0.341. The van der Waals surface area contributed by atoms with Crippen LogP contribution in [0.4, 0.5) is 5.13 Å². The minimum atomic E-state index is -0.0334. The number of nitrogens with zero attached hydrogens (tertiary/aromatic N) is 1. The monoisotopic (exact) mass is 364 g/mol. The molecule has 0 saturated carbocycles. The van der Waals surface area contributed by atoms with Crippen molar-refractivity contribution in [1.82, 2.24) is 4.98 Å². The maximum atomic E-state index is 12.2. The van der Waals surface area contributed by atoms with Gasteiger partial charge in [0.1, 0.15) is 0 Å². The zero-order valence-corrected chi connectivity index (χ0v) is 15.3. The van der Waals surface area contributed by atoms with Crippen LogP contribution in [0.2, 0.25) is 0 Å². The van der Waals surface area contributed by atoms with E-state index in [0.29, 0.717) is 10.9 Å². The van der Waals surface area contributed by atoms with Gasteiger partial charge in [-0.15, -0.1) is 11.8 Å². The Labute approximate surface area is 154 Å². The molecule has 4 rings (SSSR count). The van der Waals surface area contributed by atoms with E-state index in [0.717, 1.165) is 15.1 Å². The zero-order chi connectivity index (χ0) is 17.2. The van der Waals surface area contributed by atoms with E-state index in [1.54, 1.807) is 0 Å². The average molecular weight is 364 g/mol. The standard InChI is InChI=1S/C20H16N2OS2/c1-13-6-9-15(10-7-13)24-12-18(23)22-20-21-17-11-8-14-4-2-3-5-16(14)19(17)25-20/h2-11H,12H2,1H3,(H,21,22,23). The summed E-state index contributed by atoms with van der Waals surface area (Å²) in [6.07, 6.45) is 0.